The van der Waals surface area contributed by atoms with E-state index in [0.29, 0.717) is 4.47 Å². The van der Waals surface area contributed by atoms with Crippen LogP contribution in [0.1, 0.15) is 15.9 Å². The van der Waals surface area contributed by atoms with Crippen molar-refractivity contribution in [3.05, 3.63) is 52.1 Å². The zero-order valence-electron chi connectivity index (χ0n) is 10.9. The molecule has 2 rings (SSSR count). The van der Waals surface area contributed by atoms with E-state index in [1.807, 2.05) is 0 Å². The lowest BCUT2D eigenvalue weighted by Crippen LogP contribution is -2.17. The number of carboxylic acids is 1. The molecule has 2 aromatic rings. The van der Waals surface area contributed by atoms with Gasteiger partial charge in [-0.05, 0) is 52.7 Å². The molecule has 0 aliphatic carbocycles. The molecule has 0 atom stereocenters. The molecular weight excluding hydrogens is 360 g/mol. The van der Waals surface area contributed by atoms with Crippen molar-refractivity contribution in [1.29, 1.82) is 0 Å². The molecule has 0 bridgehead atoms. The summed E-state index contributed by atoms with van der Waals surface area (Å²) in [5.74, 6) is -1.04. The number of rotatable bonds is 4. The lowest BCUT2D eigenvalue weighted by atomic mass is 10.1. The maximum Gasteiger partial charge on any atom is 0.335 e. The summed E-state index contributed by atoms with van der Waals surface area (Å²) in [5, 5.41) is 9.05. The first kappa shape index (κ1) is 15.5. The van der Waals surface area contributed by atoms with Gasteiger partial charge in [-0.15, -0.1) is 0 Å². The molecule has 1 heterocycles. The van der Waals surface area contributed by atoms with Crippen molar-refractivity contribution >= 4 is 37.7 Å². The molecule has 0 aliphatic heterocycles. The van der Waals surface area contributed by atoms with E-state index in [9.17, 15) is 13.2 Å². The Labute approximate surface area is 130 Å². The van der Waals surface area contributed by atoms with Crippen LogP contribution in [0.3, 0.4) is 0 Å². The molecule has 0 spiro atoms. The molecule has 6 nitrogen and oxygen atoms in total. The smallest absolute Gasteiger partial charge is 0.335 e. The van der Waals surface area contributed by atoms with Gasteiger partial charge in [0.25, 0.3) is 10.0 Å². The van der Waals surface area contributed by atoms with Crippen molar-refractivity contribution in [3.8, 4) is 0 Å². The molecule has 8 heteroatoms. The zero-order chi connectivity index (χ0) is 15.6. The fraction of sp³-hybridized carbons (Fsp3) is 0.0769. The average Bonchev–Trinajstić information content (AvgIpc) is 2.41. The van der Waals surface area contributed by atoms with E-state index in [4.69, 9.17) is 5.11 Å². The Morgan fingerprint density at radius 2 is 2.00 bits per heavy atom. The Hall–Kier alpha value is -1.93. The number of carbonyl (C=O) groups is 1. The molecule has 0 saturated carbocycles. The molecule has 2 N–H and O–H groups in total. The number of pyridine rings is 1. The molecule has 1 aromatic heterocycles. The number of nitrogens with one attached hydrogen (secondary N) is 1. The summed E-state index contributed by atoms with van der Waals surface area (Å²) >= 11 is 3.19. The van der Waals surface area contributed by atoms with Crippen LogP contribution in [0, 0.1) is 6.92 Å². The fourth-order valence-corrected chi connectivity index (χ4v) is 3.56. The molecule has 0 saturated heterocycles. The van der Waals surface area contributed by atoms with Crippen molar-refractivity contribution in [3.63, 3.8) is 0 Å². The third kappa shape index (κ3) is 3.22. The first-order valence-corrected chi connectivity index (χ1v) is 8.07. The van der Waals surface area contributed by atoms with Gasteiger partial charge in [0.05, 0.1) is 14.9 Å². The molecule has 110 valence electrons. The standard InChI is InChI=1S/C13H11BrN2O4S/c1-8-9(13(17)18)4-2-6-11(8)21(19,20)16-12-10(14)5-3-7-15-12/h2-7H,1H3,(H,15,16)(H,17,18). The van der Waals surface area contributed by atoms with Gasteiger partial charge in [-0.25, -0.2) is 18.2 Å². The summed E-state index contributed by atoms with van der Waals surface area (Å²) < 4.78 is 27.6. The van der Waals surface area contributed by atoms with Gasteiger partial charge in [0, 0.05) is 6.20 Å². The summed E-state index contributed by atoms with van der Waals surface area (Å²) in [4.78, 5) is 14.9. The van der Waals surface area contributed by atoms with Gasteiger partial charge >= 0.3 is 5.97 Å². The number of carboxylic acid groups (broad SMARTS) is 1. The lowest BCUT2D eigenvalue weighted by Gasteiger charge is -2.12. The highest BCUT2D eigenvalue weighted by Crippen LogP contribution is 2.24. The molecular formula is C13H11BrN2O4S. The summed E-state index contributed by atoms with van der Waals surface area (Å²) in [6, 6.07) is 7.39. The Kier molecular flexibility index (Phi) is 4.29. The third-order valence-corrected chi connectivity index (χ3v) is 4.92. The summed E-state index contributed by atoms with van der Waals surface area (Å²) in [7, 11) is -3.93. The number of aromatic nitrogens is 1. The Bertz CT molecular complexity index is 806. The minimum atomic E-state index is -3.93. The average molecular weight is 371 g/mol. The van der Waals surface area contributed by atoms with Gasteiger partial charge in [0.15, 0.2) is 5.82 Å². The van der Waals surface area contributed by atoms with E-state index in [1.54, 1.807) is 12.1 Å². The largest absolute Gasteiger partial charge is 0.478 e. The number of halogens is 1. The van der Waals surface area contributed by atoms with E-state index >= 15 is 0 Å². The number of benzene rings is 1. The predicted molar refractivity (Wildman–Crippen MR) is 80.9 cm³/mol. The SMILES string of the molecule is Cc1c(C(=O)O)cccc1S(=O)(=O)Nc1ncccc1Br. The van der Waals surface area contributed by atoms with Gasteiger partial charge in [-0.2, -0.15) is 0 Å². The van der Waals surface area contributed by atoms with Crippen LogP contribution in [-0.4, -0.2) is 24.5 Å². The summed E-state index contributed by atoms with van der Waals surface area (Å²) in [5.41, 5.74) is 0.113. The maximum atomic E-state index is 12.4. The maximum absolute atomic E-state index is 12.4. The second-order valence-corrected chi connectivity index (χ2v) is 6.68. The van der Waals surface area contributed by atoms with Crippen LogP contribution < -0.4 is 4.72 Å². The van der Waals surface area contributed by atoms with Gasteiger partial charge in [0.1, 0.15) is 0 Å². The third-order valence-electron chi connectivity index (χ3n) is 2.79. The molecule has 1 aromatic carbocycles. The number of aromatic carboxylic acids is 1. The van der Waals surface area contributed by atoms with E-state index in [-0.39, 0.29) is 21.8 Å². The molecule has 0 unspecified atom stereocenters. The second kappa shape index (κ2) is 5.82. The minimum Gasteiger partial charge on any atom is -0.478 e. The number of hydrogen-bond donors (Lipinski definition) is 2. The van der Waals surface area contributed by atoms with Gasteiger partial charge in [-0.1, -0.05) is 6.07 Å². The molecule has 0 fully saturated rings. The van der Waals surface area contributed by atoms with Crippen molar-refractivity contribution < 1.29 is 18.3 Å². The van der Waals surface area contributed by atoms with Crippen LogP contribution in [0.25, 0.3) is 0 Å². The lowest BCUT2D eigenvalue weighted by molar-refractivity contribution is 0.0696. The van der Waals surface area contributed by atoms with Gasteiger partial charge < -0.3 is 5.11 Å². The van der Waals surface area contributed by atoms with Crippen LogP contribution in [0.15, 0.2) is 45.9 Å². The number of nitrogens with zero attached hydrogens (tertiary/aromatic N) is 1. The molecule has 0 aliphatic rings. The normalized spacial score (nSPS) is 11.1. The van der Waals surface area contributed by atoms with Crippen molar-refractivity contribution in [2.45, 2.75) is 11.8 Å². The highest BCUT2D eigenvalue weighted by atomic mass is 79.9. The number of sulfonamides is 1. The van der Waals surface area contributed by atoms with Crippen LogP contribution in [0.4, 0.5) is 5.82 Å². The first-order valence-electron chi connectivity index (χ1n) is 5.79. The van der Waals surface area contributed by atoms with Gasteiger partial charge in [0.2, 0.25) is 0 Å². The van der Waals surface area contributed by atoms with Gasteiger partial charge in [-0.3, -0.25) is 4.72 Å². The van der Waals surface area contributed by atoms with Crippen molar-refractivity contribution in [2.75, 3.05) is 4.72 Å². The van der Waals surface area contributed by atoms with Crippen LogP contribution >= 0.6 is 15.9 Å². The van der Waals surface area contributed by atoms with Crippen molar-refractivity contribution in [1.82, 2.24) is 4.98 Å². The molecule has 0 radical (unpaired) electrons. The summed E-state index contributed by atoms with van der Waals surface area (Å²) in [6.45, 7) is 1.45. The van der Waals surface area contributed by atoms with E-state index < -0.39 is 16.0 Å². The monoisotopic (exact) mass is 370 g/mol. The fourth-order valence-electron chi connectivity index (χ4n) is 1.78. The van der Waals surface area contributed by atoms with Crippen LogP contribution in [0.5, 0.6) is 0 Å². The van der Waals surface area contributed by atoms with E-state index in [1.165, 1.54) is 31.3 Å². The Morgan fingerprint density at radius 1 is 1.29 bits per heavy atom. The van der Waals surface area contributed by atoms with Crippen LogP contribution in [-0.2, 0) is 10.0 Å². The second-order valence-electron chi connectivity index (χ2n) is 4.17. The van der Waals surface area contributed by atoms with Crippen molar-refractivity contribution in [2.24, 2.45) is 0 Å². The molecule has 21 heavy (non-hydrogen) atoms. The molecule has 0 amide bonds. The topological polar surface area (TPSA) is 96.4 Å². The highest BCUT2D eigenvalue weighted by molar-refractivity contribution is 9.10. The van der Waals surface area contributed by atoms with E-state index in [0.717, 1.165) is 0 Å². The number of hydrogen-bond acceptors (Lipinski definition) is 4. The highest BCUT2D eigenvalue weighted by Gasteiger charge is 2.21. The zero-order valence-corrected chi connectivity index (χ0v) is 13.3. The van der Waals surface area contributed by atoms with E-state index in [2.05, 4.69) is 25.6 Å². The first-order chi connectivity index (χ1) is 9.83. The van der Waals surface area contributed by atoms with Crippen LogP contribution in [0.2, 0.25) is 0 Å². The number of anilines is 1. The quantitative estimate of drug-likeness (QED) is 0.862. The Balaban J connectivity index is 2.48. The summed E-state index contributed by atoms with van der Waals surface area (Å²) in [6.07, 6.45) is 1.45. The Morgan fingerprint density at radius 3 is 2.62 bits per heavy atom. The minimum absolute atomic E-state index is 0.0574. The predicted octanol–water partition coefficient (Wildman–Crippen LogP) is 2.65.